The van der Waals surface area contributed by atoms with Gasteiger partial charge in [0.2, 0.25) is 10.0 Å². The number of rotatable bonds is 3. The van der Waals surface area contributed by atoms with Crippen molar-refractivity contribution in [2.24, 2.45) is 0 Å². The molecule has 1 aliphatic heterocycles. The summed E-state index contributed by atoms with van der Waals surface area (Å²) in [7, 11) is -2.04. The maximum absolute atomic E-state index is 12.9. The molecule has 0 aliphatic carbocycles. The first kappa shape index (κ1) is 16.3. The van der Waals surface area contributed by atoms with E-state index in [-0.39, 0.29) is 6.54 Å². The molecule has 1 aromatic rings. The van der Waals surface area contributed by atoms with Crippen LogP contribution in [0.25, 0.3) is 0 Å². The van der Waals surface area contributed by atoms with E-state index in [1.807, 2.05) is 0 Å². The van der Waals surface area contributed by atoms with E-state index in [0.717, 1.165) is 0 Å². The van der Waals surface area contributed by atoms with Crippen LogP contribution in [0.5, 0.6) is 5.75 Å². The third-order valence-electron chi connectivity index (χ3n) is 3.91. The molecule has 2 rings (SSSR count). The van der Waals surface area contributed by atoms with Crippen LogP contribution < -0.4 is 4.74 Å². The van der Waals surface area contributed by atoms with Crippen molar-refractivity contribution in [3.63, 3.8) is 0 Å². The van der Waals surface area contributed by atoms with Gasteiger partial charge in [-0.25, -0.2) is 8.42 Å². The van der Waals surface area contributed by atoms with Gasteiger partial charge in [0.15, 0.2) is 0 Å². The molecule has 1 unspecified atom stereocenters. The predicted octanol–water partition coefficient (Wildman–Crippen LogP) is 1.85. The number of hydrogen-bond acceptors (Lipinski definition) is 4. The summed E-state index contributed by atoms with van der Waals surface area (Å²) < 4.78 is 32.3. The van der Waals surface area contributed by atoms with E-state index in [2.05, 4.69) is 0 Å². The van der Waals surface area contributed by atoms with Crippen LogP contribution in [0, 0.1) is 13.8 Å². The van der Waals surface area contributed by atoms with Crippen LogP contribution in [0.4, 0.5) is 0 Å². The second kappa shape index (κ2) is 5.59. The number of piperidine rings is 1. The molecule has 0 amide bonds. The normalized spacial score (nSPS) is 24.0. The average molecular weight is 313 g/mol. The van der Waals surface area contributed by atoms with Crippen molar-refractivity contribution in [1.82, 2.24) is 4.31 Å². The second-order valence-electron chi connectivity index (χ2n) is 6.03. The molecule has 21 heavy (non-hydrogen) atoms. The number of hydrogen-bond donors (Lipinski definition) is 1. The summed E-state index contributed by atoms with van der Waals surface area (Å²) in [6.45, 7) is 5.81. The summed E-state index contributed by atoms with van der Waals surface area (Å²) in [4.78, 5) is 0.320. The zero-order valence-electron chi connectivity index (χ0n) is 13.0. The van der Waals surface area contributed by atoms with Crippen LogP contribution in [0.2, 0.25) is 0 Å². The molecule has 1 aromatic carbocycles. The first-order valence-corrected chi connectivity index (χ1v) is 8.49. The lowest BCUT2D eigenvalue weighted by molar-refractivity contribution is 0.00937. The van der Waals surface area contributed by atoms with E-state index >= 15 is 0 Å². The van der Waals surface area contributed by atoms with Crippen LogP contribution in [0.15, 0.2) is 17.0 Å². The minimum atomic E-state index is -3.60. The number of nitrogens with zero attached hydrogens (tertiary/aromatic N) is 1. The van der Waals surface area contributed by atoms with E-state index in [0.29, 0.717) is 41.2 Å². The Morgan fingerprint density at radius 1 is 1.29 bits per heavy atom. The lowest BCUT2D eigenvalue weighted by Gasteiger charge is -2.36. The fraction of sp³-hybridized carbons (Fsp3) is 0.600. The Morgan fingerprint density at radius 2 is 1.86 bits per heavy atom. The standard InChI is InChI=1S/C15H23NO4S/c1-11-8-13(20-4)9-12(2)14(11)21(18,19)16-7-5-6-15(3,17)10-16/h8-9,17H,5-7,10H2,1-4H3. The third-order valence-corrected chi connectivity index (χ3v) is 6.06. The number of sulfonamides is 1. The van der Waals surface area contributed by atoms with E-state index in [4.69, 9.17) is 4.74 Å². The van der Waals surface area contributed by atoms with Crippen LogP contribution in [-0.4, -0.2) is 43.6 Å². The second-order valence-corrected chi connectivity index (χ2v) is 7.90. The van der Waals surface area contributed by atoms with Gasteiger partial charge in [0.25, 0.3) is 0 Å². The highest BCUT2D eigenvalue weighted by Crippen LogP contribution is 2.31. The van der Waals surface area contributed by atoms with E-state index < -0.39 is 15.6 Å². The Bertz CT molecular complexity index is 614. The highest BCUT2D eigenvalue weighted by Gasteiger charge is 2.36. The molecule has 0 saturated carbocycles. The number of ether oxygens (including phenoxy) is 1. The molecule has 118 valence electrons. The topological polar surface area (TPSA) is 66.8 Å². The monoisotopic (exact) mass is 313 g/mol. The quantitative estimate of drug-likeness (QED) is 0.925. The molecule has 5 nitrogen and oxygen atoms in total. The lowest BCUT2D eigenvalue weighted by Crippen LogP contribution is -2.48. The Kier molecular flexibility index (Phi) is 4.33. The van der Waals surface area contributed by atoms with E-state index in [1.54, 1.807) is 40.0 Å². The summed E-state index contributed by atoms with van der Waals surface area (Å²) in [5, 5.41) is 10.1. The maximum Gasteiger partial charge on any atom is 0.243 e. The van der Waals surface area contributed by atoms with Gasteiger partial charge in [-0.3, -0.25) is 0 Å². The van der Waals surface area contributed by atoms with Gasteiger partial charge >= 0.3 is 0 Å². The van der Waals surface area contributed by atoms with Crippen LogP contribution >= 0.6 is 0 Å². The van der Waals surface area contributed by atoms with Crippen LogP contribution in [0.1, 0.15) is 30.9 Å². The summed E-state index contributed by atoms with van der Waals surface area (Å²) in [6.07, 6.45) is 1.29. The third kappa shape index (κ3) is 3.22. The minimum absolute atomic E-state index is 0.139. The molecule has 1 saturated heterocycles. The van der Waals surface area contributed by atoms with Crippen LogP contribution in [-0.2, 0) is 10.0 Å². The highest BCUT2D eigenvalue weighted by molar-refractivity contribution is 7.89. The molecule has 6 heteroatoms. The zero-order chi connectivity index (χ0) is 15.8. The Morgan fingerprint density at radius 3 is 2.33 bits per heavy atom. The zero-order valence-corrected chi connectivity index (χ0v) is 13.8. The van der Waals surface area contributed by atoms with Crippen LogP contribution in [0.3, 0.4) is 0 Å². The first-order chi connectivity index (χ1) is 9.67. The average Bonchev–Trinajstić information content (AvgIpc) is 2.36. The fourth-order valence-electron chi connectivity index (χ4n) is 2.94. The molecule has 1 aliphatic rings. The Hall–Kier alpha value is -1.11. The van der Waals surface area contributed by atoms with Crippen molar-refractivity contribution in [1.29, 1.82) is 0 Å². The molecule has 1 N–H and O–H groups in total. The lowest BCUT2D eigenvalue weighted by atomic mass is 9.97. The van der Waals surface area contributed by atoms with Crippen molar-refractivity contribution < 1.29 is 18.3 Å². The van der Waals surface area contributed by atoms with Gasteiger partial charge in [-0.2, -0.15) is 4.31 Å². The minimum Gasteiger partial charge on any atom is -0.497 e. The molecule has 0 aromatic heterocycles. The van der Waals surface area contributed by atoms with Gasteiger partial charge in [-0.1, -0.05) is 0 Å². The maximum atomic E-state index is 12.9. The number of aryl methyl sites for hydroxylation is 2. The molecule has 0 radical (unpaired) electrons. The van der Waals surface area contributed by atoms with Gasteiger partial charge in [0.05, 0.1) is 17.6 Å². The predicted molar refractivity (Wildman–Crippen MR) is 81.1 cm³/mol. The van der Waals surface area contributed by atoms with E-state index in [1.165, 1.54) is 4.31 Å². The molecule has 1 fully saturated rings. The van der Waals surface area contributed by atoms with Crippen molar-refractivity contribution in [3.05, 3.63) is 23.3 Å². The van der Waals surface area contributed by atoms with Crippen molar-refractivity contribution in [2.75, 3.05) is 20.2 Å². The van der Waals surface area contributed by atoms with E-state index in [9.17, 15) is 13.5 Å². The van der Waals surface area contributed by atoms with Crippen molar-refractivity contribution in [3.8, 4) is 5.75 Å². The molecular formula is C15H23NO4S. The Labute approximate surface area is 126 Å². The SMILES string of the molecule is COc1cc(C)c(S(=O)(=O)N2CCCC(C)(O)C2)c(C)c1. The Balaban J connectivity index is 2.45. The van der Waals surface area contributed by atoms with Crippen molar-refractivity contribution in [2.45, 2.75) is 44.1 Å². The number of aliphatic hydroxyl groups is 1. The van der Waals surface area contributed by atoms with Gasteiger partial charge < -0.3 is 9.84 Å². The molecule has 1 heterocycles. The summed E-state index contributed by atoms with van der Waals surface area (Å²) >= 11 is 0. The molecule has 0 spiro atoms. The van der Waals surface area contributed by atoms with Gasteiger partial charge in [-0.15, -0.1) is 0 Å². The van der Waals surface area contributed by atoms with Gasteiger partial charge in [0.1, 0.15) is 5.75 Å². The smallest absolute Gasteiger partial charge is 0.243 e. The summed E-state index contributed by atoms with van der Waals surface area (Å²) in [5.74, 6) is 0.648. The van der Waals surface area contributed by atoms with Gasteiger partial charge in [-0.05, 0) is 56.9 Å². The molecule has 0 bridgehead atoms. The number of benzene rings is 1. The van der Waals surface area contributed by atoms with Gasteiger partial charge in [0, 0.05) is 13.1 Å². The fourth-order valence-corrected chi connectivity index (χ4v) is 4.95. The number of methoxy groups -OCH3 is 1. The highest BCUT2D eigenvalue weighted by atomic mass is 32.2. The molecule has 1 atom stereocenters. The van der Waals surface area contributed by atoms with Crippen molar-refractivity contribution >= 4 is 10.0 Å². The largest absolute Gasteiger partial charge is 0.497 e. The summed E-state index contributed by atoms with van der Waals surface area (Å²) in [5.41, 5.74) is 0.369. The first-order valence-electron chi connectivity index (χ1n) is 7.05. The number of β-amino-alcohol motifs (C(OH)–C–C–N with tert-alkyl or cyclic N) is 1. The molecular weight excluding hydrogens is 290 g/mol. The summed E-state index contributed by atoms with van der Waals surface area (Å²) in [6, 6.07) is 3.45.